The van der Waals surface area contributed by atoms with Gasteiger partial charge in [0.15, 0.2) is 12.2 Å². The lowest BCUT2D eigenvalue weighted by atomic mass is 10.0. The van der Waals surface area contributed by atoms with E-state index >= 15 is 0 Å². The maximum Gasteiger partial charge on any atom is 0.416 e. The number of para-hydroxylation sites is 2. The van der Waals surface area contributed by atoms with E-state index in [9.17, 15) is 27.6 Å². The van der Waals surface area contributed by atoms with Crippen LogP contribution in [0.2, 0.25) is 0 Å². The smallest absolute Gasteiger partial charge is 0.416 e. The molecule has 0 saturated carbocycles. The maximum absolute atomic E-state index is 12.7. The van der Waals surface area contributed by atoms with Gasteiger partial charge in [-0.15, -0.1) is 12.4 Å². The Kier molecular flexibility index (Phi) is 20.0. The van der Waals surface area contributed by atoms with Crippen LogP contribution in [0.25, 0.3) is 0 Å². The largest absolute Gasteiger partial charge is 0.479 e. The number of nitrogens with one attached hydrogen (secondary N) is 1. The normalized spacial score (nSPS) is 13.8. The minimum Gasteiger partial charge on any atom is -0.479 e. The van der Waals surface area contributed by atoms with Crippen LogP contribution in [-0.4, -0.2) is 102 Å². The number of carbonyl (C=O) groups excluding carboxylic acids is 1. The Bertz CT molecular complexity index is 1810. The van der Waals surface area contributed by atoms with Crippen molar-refractivity contribution >= 4 is 53.5 Å². The topological polar surface area (TPSA) is 160 Å². The van der Waals surface area contributed by atoms with Crippen molar-refractivity contribution in [3.05, 3.63) is 120 Å². The summed E-state index contributed by atoms with van der Waals surface area (Å²) < 4.78 is 43.3. The van der Waals surface area contributed by atoms with Crippen LogP contribution in [0.5, 0.6) is 0 Å². The lowest BCUT2D eigenvalue weighted by Crippen LogP contribution is -2.39. The first-order valence-electron chi connectivity index (χ1n) is 17.7. The number of hydrogen-bond donors (Lipinski definition) is 5. The molecule has 4 unspecified atom stereocenters. The zero-order chi connectivity index (χ0) is 41.4. The van der Waals surface area contributed by atoms with Gasteiger partial charge in [0.2, 0.25) is 0 Å². The van der Waals surface area contributed by atoms with Crippen LogP contribution in [0.3, 0.4) is 0 Å². The number of benzene rings is 4. The average Bonchev–Trinajstić information content (AvgIpc) is 3.16. The maximum atomic E-state index is 12.7. The number of rotatable bonds is 14. The third kappa shape index (κ3) is 16.0. The molecule has 0 spiro atoms. The van der Waals surface area contributed by atoms with Gasteiger partial charge in [-0.2, -0.15) is 13.2 Å². The van der Waals surface area contributed by atoms with Gasteiger partial charge < -0.3 is 40.3 Å². The van der Waals surface area contributed by atoms with Crippen molar-refractivity contribution in [2.45, 2.75) is 54.5 Å². The molecular weight excluding hydrogens is 787 g/mol. The predicted octanol–water partition coefficient (Wildman–Crippen LogP) is 6.87. The summed E-state index contributed by atoms with van der Waals surface area (Å²) in [6, 6.07) is 31.4. The summed E-state index contributed by atoms with van der Waals surface area (Å²) in [7, 11) is 4.29. The predicted molar refractivity (Wildman–Crippen MR) is 216 cm³/mol. The van der Waals surface area contributed by atoms with Gasteiger partial charge in [0, 0.05) is 35.5 Å². The second kappa shape index (κ2) is 23.6. The summed E-state index contributed by atoms with van der Waals surface area (Å²) in [6.45, 7) is 6.98. The van der Waals surface area contributed by atoms with Crippen LogP contribution in [0.4, 0.5) is 24.5 Å². The number of ether oxygens (including phenoxy) is 1. The fourth-order valence-electron chi connectivity index (χ4n) is 5.65. The van der Waals surface area contributed by atoms with Gasteiger partial charge in [-0.1, -0.05) is 79.3 Å². The van der Waals surface area contributed by atoms with Gasteiger partial charge in [0.1, 0.15) is 6.61 Å². The van der Waals surface area contributed by atoms with Gasteiger partial charge in [-0.25, -0.2) is 14.4 Å². The van der Waals surface area contributed by atoms with Gasteiger partial charge in [-0.3, -0.25) is 0 Å². The van der Waals surface area contributed by atoms with Gasteiger partial charge in [0.05, 0.1) is 22.5 Å². The van der Waals surface area contributed by atoms with Gasteiger partial charge in [-0.05, 0) is 81.4 Å². The fourth-order valence-corrected chi connectivity index (χ4v) is 6.74. The summed E-state index contributed by atoms with van der Waals surface area (Å²) in [5.41, 5.74) is 3.13. The highest BCUT2D eigenvalue weighted by atomic mass is 35.5. The lowest BCUT2D eigenvalue weighted by Gasteiger charge is -2.35. The molecule has 1 aliphatic heterocycles. The number of anilines is 2. The van der Waals surface area contributed by atoms with Crippen LogP contribution >= 0.6 is 24.2 Å². The molecule has 16 heteroatoms. The number of aliphatic hydroxyl groups is 2. The van der Waals surface area contributed by atoms with E-state index in [-0.39, 0.29) is 25.1 Å². The van der Waals surface area contributed by atoms with E-state index in [4.69, 9.17) is 25.2 Å². The summed E-state index contributed by atoms with van der Waals surface area (Å²) in [5, 5.41) is 35.7. The molecule has 1 aliphatic rings. The van der Waals surface area contributed by atoms with E-state index in [2.05, 4.69) is 84.7 Å². The van der Waals surface area contributed by atoms with Crippen LogP contribution in [0.15, 0.2) is 113 Å². The molecule has 4 atom stereocenters. The Morgan fingerprint density at radius 1 is 0.807 bits per heavy atom. The Balaban J connectivity index is 0.000000318. The van der Waals surface area contributed by atoms with Crippen molar-refractivity contribution in [1.82, 2.24) is 10.2 Å². The van der Waals surface area contributed by atoms with E-state index in [0.29, 0.717) is 30.0 Å². The first kappa shape index (κ1) is 48.5. The molecule has 310 valence electrons. The van der Waals surface area contributed by atoms with E-state index < -0.39 is 41.9 Å². The molecule has 57 heavy (non-hydrogen) atoms. The molecule has 0 radical (unpaired) electrons. The number of hydrogen-bond acceptors (Lipinski definition) is 10. The van der Waals surface area contributed by atoms with Crippen molar-refractivity contribution in [3.63, 3.8) is 0 Å². The minimum absolute atomic E-state index is 0. The quantitative estimate of drug-likeness (QED) is 0.0664. The zero-order valence-corrected chi connectivity index (χ0v) is 33.6. The van der Waals surface area contributed by atoms with E-state index in [0.717, 1.165) is 25.2 Å². The number of nitrogens with zero attached hydrogens (tertiary/aromatic N) is 2. The average molecular weight is 836 g/mol. The molecule has 0 bridgehead atoms. The highest BCUT2D eigenvalue weighted by molar-refractivity contribution is 7.99. The molecule has 4 aromatic carbocycles. The molecule has 1 heterocycles. The number of aliphatic hydroxyl groups excluding tert-OH is 2. The number of esters is 1. The van der Waals surface area contributed by atoms with Crippen molar-refractivity contribution in [2.24, 2.45) is 5.92 Å². The molecule has 0 aliphatic carbocycles. The molecule has 0 saturated heterocycles. The zero-order valence-electron chi connectivity index (χ0n) is 31.9. The molecule has 5 rings (SSSR count). The first-order valence-corrected chi connectivity index (χ1v) is 18.5. The van der Waals surface area contributed by atoms with Crippen molar-refractivity contribution < 1.29 is 52.7 Å². The molecule has 0 aromatic heterocycles. The number of carboxylic acid groups (broad SMARTS) is 2. The van der Waals surface area contributed by atoms with Gasteiger partial charge in [0.25, 0.3) is 0 Å². The van der Waals surface area contributed by atoms with E-state index in [1.165, 1.54) is 27.2 Å². The van der Waals surface area contributed by atoms with Crippen LogP contribution < -0.4 is 10.2 Å². The molecule has 0 fully saturated rings. The van der Waals surface area contributed by atoms with Crippen LogP contribution in [0.1, 0.15) is 35.3 Å². The van der Waals surface area contributed by atoms with Crippen molar-refractivity contribution in [1.29, 1.82) is 0 Å². The molecule has 4 aromatic rings. The summed E-state index contributed by atoms with van der Waals surface area (Å²) in [5.74, 6) is -3.32. The van der Waals surface area contributed by atoms with Crippen molar-refractivity contribution in [2.75, 3.05) is 45.2 Å². The van der Waals surface area contributed by atoms with E-state index in [1.807, 2.05) is 24.8 Å². The standard InChI is InChI=1S/C19H20F3NO2.C18H22N2S.C4H6O6.ClH/c1-14(12-15-6-5-9-17(13-15)19(20,21)22)23-10-11-25-18(24)16-7-3-2-4-8-16;1-14(12-19(2)3)13-20-15-8-4-6-10-17(15)21-18-11-7-5-9-16(18)20;5-1(3(7)8)2(6)4(9)10;/h2-9,13-14,23H,10-12H2,1H3;4-11,14H,12-13H2,1-3H3;1-2,5-6H,(H,7,8)(H,9,10);1H. The molecule has 11 nitrogen and oxygen atoms in total. The number of alkyl halides is 3. The number of carbonyl (C=O) groups is 3. The second-order valence-electron chi connectivity index (χ2n) is 13.3. The number of halogens is 4. The van der Waals surface area contributed by atoms with Crippen molar-refractivity contribution in [3.8, 4) is 0 Å². The SMILES string of the molecule is CC(CN(C)C)CN1c2ccccc2Sc2ccccc21.CC(Cc1cccc(C(F)(F)F)c1)NCCOC(=O)c1ccccc1.Cl.O=C(O)C(O)C(O)C(=O)O. The monoisotopic (exact) mass is 835 g/mol. The number of carboxylic acids is 2. The Hall–Kier alpha value is -4.64. The third-order valence-electron chi connectivity index (χ3n) is 8.14. The van der Waals surface area contributed by atoms with Crippen LogP contribution in [-0.2, 0) is 26.9 Å². The highest BCUT2D eigenvalue weighted by Gasteiger charge is 2.31. The highest BCUT2D eigenvalue weighted by Crippen LogP contribution is 2.48. The van der Waals surface area contributed by atoms with E-state index in [1.54, 1.807) is 30.3 Å². The summed E-state index contributed by atoms with van der Waals surface area (Å²) in [4.78, 5) is 38.8. The first-order chi connectivity index (χ1) is 26.5. The lowest BCUT2D eigenvalue weighted by molar-refractivity contribution is -0.165. The Morgan fingerprint density at radius 3 is 1.84 bits per heavy atom. The molecule has 5 N–H and O–H groups in total. The number of fused-ring (bicyclic) bond motifs is 2. The van der Waals surface area contributed by atoms with Crippen LogP contribution in [0, 0.1) is 5.92 Å². The second-order valence-corrected chi connectivity index (χ2v) is 14.4. The number of aliphatic carboxylic acids is 2. The molecule has 0 amide bonds. The third-order valence-corrected chi connectivity index (χ3v) is 9.27. The Labute approximate surface area is 340 Å². The van der Waals surface area contributed by atoms with Gasteiger partial charge >= 0.3 is 24.1 Å². The fraction of sp³-hybridized carbons (Fsp3) is 0.341. The summed E-state index contributed by atoms with van der Waals surface area (Å²) >= 11 is 1.88. The summed E-state index contributed by atoms with van der Waals surface area (Å²) in [6.07, 6.45) is -8.41. The Morgan fingerprint density at radius 2 is 1.33 bits per heavy atom. The molecular formula is C41H49ClF3N3O8S. The minimum atomic E-state index is -4.34.